The summed E-state index contributed by atoms with van der Waals surface area (Å²) < 4.78 is 21.3. The molecule has 0 unspecified atom stereocenters. The van der Waals surface area contributed by atoms with Crippen molar-refractivity contribution in [2.75, 3.05) is 5.32 Å². The summed E-state index contributed by atoms with van der Waals surface area (Å²) in [5, 5.41) is 17.9. The maximum atomic E-state index is 14.8. The Labute approximate surface area is 180 Å². The van der Waals surface area contributed by atoms with Crippen LogP contribution in [0.15, 0.2) is 36.5 Å². The summed E-state index contributed by atoms with van der Waals surface area (Å²) in [5.41, 5.74) is -0.147. The molecule has 2 N–H and O–H groups in total. The van der Waals surface area contributed by atoms with Crippen LogP contribution >= 0.6 is 0 Å². The fourth-order valence-corrected chi connectivity index (χ4v) is 4.23. The van der Waals surface area contributed by atoms with E-state index in [9.17, 15) is 19.1 Å². The minimum absolute atomic E-state index is 0.0649. The fourth-order valence-electron chi connectivity index (χ4n) is 3.08. The molecular formula is C22H26FN3O4Si. The lowest BCUT2D eigenvalue weighted by molar-refractivity contribution is 0.0522. The molecule has 3 aromatic rings. The first-order valence-electron chi connectivity index (χ1n) is 9.82. The van der Waals surface area contributed by atoms with E-state index in [0.717, 1.165) is 9.87 Å². The van der Waals surface area contributed by atoms with Crippen LogP contribution in [0.4, 0.5) is 20.6 Å². The van der Waals surface area contributed by atoms with Crippen molar-refractivity contribution in [3.8, 4) is 0 Å². The highest BCUT2D eigenvalue weighted by Gasteiger charge is 2.24. The molecule has 2 aromatic carbocycles. The topological polar surface area (TPSA) is 93.5 Å². The molecule has 3 rings (SSSR count). The van der Waals surface area contributed by atoms with Gasteiger partial charge in [0.15, 0.2) is 0 Å². The van der Waals surface area contributed by atoms with Crippen LogP contribution in [0.1, 0.15) is 31.1 Å². The van der Waals surface area contributed by atoms with E-state index in [1.807, 2.05) is 6.07 Å². The first kappa shape index (κ1) is 22.5. The molecular weight excluding hydrogens is 417 g/mol. The molecule has 0 atom stereocenters. The summed E-state index contributed by atoms with van der Waals surface area (Å²) in [5.74, 6) is -1.67. The number of nitrogens with one attached hydrogen (secondary N) is 1. The first-order valence-corrected chi connectivity index (χ1v) is 13.3. The molecule has 1 aromatic heterocycles. The number of carbonyl (C=O) groups excluding carboxylic acids is 1. The Morgan fingerprint density at radius 2 is 1.84 bits per heavy atom. The van der Waals surface area contributed by atoms with Crippen molar-refractivity contribution >= 4 is 47.6 Å². The monoisotopic (exact) mass is 443 g/mol. The van der Waals surface area contributed by atoms with Gasteiger partial charge in [-0.25, -0.2) is 14.0 Å². The van der Waals surface area contributed by atoms with Crippen molar-refractivity contribution < 1.29 is 23.8 Å². The number of hydrogen-bond acceptors (Lipinski definition) is 5. The molecule has 1 heterocycles. The average molecular weight is 444 g/mol. The number of benzene rings is 2. The van der Waals surface area contributed by atoms with Gasteiger partial charge in [-0.2, -0.15) is 9.78 Å². The number of aromatic carboxylic acids is 1. The van der Waals surface area contributed by atoms with Gasteiger partial charge in [-0.15, -0.1) is 0 Å². The van der Waals surface area contributed by atoms with Crippen LogP contribution in [0.2, 0.25) is 19.6 Å². The zero-order chi connectivity index (χ0) is 23.1. The zero-order valence-corrected chi connectivity index (χ0v) is 19.4. The van der Waals surface area contributed by atoms with E-state index >= 15 is 0 Å². The van der Waals surface area contributed by atoms with Gasteiger partial charge in [0.25, 0.3) is 0 Å². The predicted octanol–water partition coefficient (Wildman–Crippen LogP) is 4.95. The molecule has 0 aliphatic carbocycles. The summed E-state index contributed by atoms with van der Waals surface area (Å²) in [7, 11) is -1.71. The fraction of sp³-hybridized carbons (Fsp3) is 0.318. The molecule has 0 fully saturated rings. The number of rotatable bonds is 4. The zero-order valence-electron chi connectivity index (χ0n) is 18.4. The van der Waals surface area contributed by atoms with E-state index in [-0.39, 0.29) is 16.9 Å². The molecule has 31 heavy (non-hydrogen) atoms. The molecule has 0 spiro atoms. The van der Waals surface area contributed by atoms with Gasteiger partial charge >= 0.3 is 12.1 Å². The summed E-state index contributed by atoms with van der Waals surface area (Å²) in [6, 6.07) is 7.77. The Bertz CT molecular complexity index is 1180. The maximum Gasteiger partial charge on any atom is 0.435 e. The number of carboxylic acid groups (broad SMARTS) is 1. The van der Waals surface area contributed by atoms with Crippen LogP contribution in [0.5, 0.6) is 0 Å². The van der Waals surface area contributed by atoms with E-state index < -0.39 is 31.6 Å². The van der Waals surface area contributed by atoms with Crippen LogP contribution in [0.25, 0.3) is 10.9 Å². The molecule has 164 valence electrons. The number of aromatic nitrogens is 2. The van der Waals surface area contributed by atoms with Crippen molar-refractivity contribution in [3.05, 3.63) is 47.9 Å². The van der Waals surface area contributed by atoms with E-state index in [4.69, 9.17) is 4.74 Å². The van der Waals surface area contributed by atoms with Gasteiger partial charge in [-0.1, -0.05) is 30.9 Å². The Morgan fingerprint density at radius 1 is 1.16 bits per heavy atom. The number of ether oxygens (including phenoxy) is 1. The molecule has 7 nitrogen and oxygen atoms in total. The SMILES string of the molecule is CC(C)(C)OC(=O)n1ncc2c(Nc3ccc([Si](C)(C)C)cc3F)c(C(=O)O)ccc21. The van der Waals surface area contributed by atoms with Crippen molar-refractivity contribution in [1.29, 1.82) is 0 Å². The average Bonchev–Trinajstić information content (AvgIpc) is 3.05. The molecule has 0 aliphatic heterocycles. The molecule has 0 radical (unpaired) electrons. The Morgan fingerprint density at radius 3 is 2.39 bits per heavy atom. The molecule has 0 saturated heterocycles. The van der Waals surface area contributed by atoms with Crippen molar-refractivity contribution in [2.24, 2.45) is 0 Å². The van der Waals surface area contributed by atoms with Crippen molar-refractivity contribution in [2.45, 2.75) is 46.0 Å². The second-order valence-corrected chi connectivity index (χ2v) is 14.4. The lowest BCUT2D eigenvalue weighted by atomic mass is 10.1. The largest absolute Gasteiger partial charge is 0.478 e. The highest BCUT2D eigenvalue weighted by Crippen LogP contribution is 2.32. The molecule has 9 heteroatoms. The minimum Gasteiger partial charge on any atom is -0.478 e. The summed E-state index contributed by atoms with van der Waals surface area (Å²) in [6.07, 6.45) is 0.671. The van der Waals surface area contributed by atoms with Crippen molar-refractivity contribution in [3.63, 3.8) is 0 Å². The Kier molecular flexibility index (Phi) is 5.66. The highest BCUT2D eigenvalue weighted by molar-refractivity contribution is 6.88. The number of carboxylic acids is 1. The molecule has 0 aliphatic rings. The van der Waals surface area contributed by atoms with Gasteiger partial charge in [-0.3, -0.25) is 0 Å². The predicted molar refractivity (Wildman–Crippen MR) is 121 cm³/mol. The standard InChI is InChI=1S/C22H26FN3O4Si/c1-22(2,3)30-21(29)26-18-10-8-14(20(27)28)19(15(18)12-24-26)25-17-9-7-13(11-16(17)23)31(4,5)6/h7-12,25H,1-6H3,(H,27,28). The van der Waals surface area contributed by atoms with Gasteiger partial charge in [0, 0.05) is 5.39 Å². The first-order chi connectivity index (χ1) is 14.3. The highest BCUT2D eigenvalue weighted by atomic mass is 28.3. The summed E-state index contributed by atoms with van der Waals surface area (Å²) in [4.78, 5) is 24.3. The number of halogens is 1. The number of nitrogens with zero attached hydrogens (tertiary/aromatic N) is 2. The second-order valence-electron chi connectivity index (χ2n) is 9.33. The van der Waals surface area contributed by atoms with Crippen molar-refractivity contribution in [1.82, 2.24) is 9.78 Å². The lowest BCUT2D eigenvalue weighted by Crippen LogP contribution is -2.37. The summed E-state index contributed by atoms with van der Waals surface area (Å²) in [6.45, 7) is 11.5. The molecule has 0 amide bonds. The van der Waals surface area contributed by atoms with Crippen LogP contribution in [-0.2, 0) is 4.74 Å². The number of carbonyl (C=O) groups is 2. The number of fused-ring (bicyclic) bond motifs is 1. The van der Waals surface area contributed by atoms with Crippen LogP contribution < -0.4 is 10.5 Å². The third kappa shape index (κ3) is 4.77. The Hall–Kier alpha value is -3.20. The molecule has 0 saturated carbocycles. The summed E-state index contributed by atoms with van der Waals surface area (Å²) >= 11 is 0. The minimum atomic E-state index is -1.71. The van der Waals surface area contributed by atoms with Crippen LogP contribution in [-0.4, -0.2) is 40.6 Å². The van der Waals surface area contributed by atoms with Gasteiger partial charge in [0.1, 0.15) is 11.4 Å². The van der Waals surface area contributed by atoms with Gasteiger partial charge < -0.3 is 15.2 Å². The maximum absolute atomic E-state index is 14.8. The van der Waals surface area contributed by atoms with E-state index in [1.54, 1.807) is 26.8 Å². The van der Waals surface area contributed by atoms with E-state index in [0.29, 0.717) is 10.9 Å². The normalized spacial score (nSPS) is 12.1. The number of anilines is 2. The lowest BCUT2D eigenvalue weighted by Gasteiger charge is -2.19. The van der Waals surface area contributed by atoms with Crippen LogP contribution in [0, 0.1) is 5.82 Å². The Balaban J connectivity index is 2.10. The van der Waals surface area contributed by atoms with Crippen LogP contribution in [0.3, 0.4) is 0 Å². The third-order valence-corrected chi connectivity index (χ3v) is 6.69. The van der Waals surface area contributed by atoms with Gasteiger partial charge in [0.2, 0.25) is 0 Å². The number of hydrogen-bond donors (Lipinski definition) is 2. The second kappa shape index (κ2) is 7.81. The smallest absolute Gasteiger partial charge is 0.435 e. The molecule has 0 bridgehead atoms. The van der Waals surface area contributed by atoms with E-state index in [2.05, 4.69) is 30.1 Å². The van der Waals surface area contributed by atoms with Gasteiger partial charge in [-0.05, 0) is 45.0 Å². The van der Waals surface area contributed by atoms with E-state index in [1.165, 1.54) is 24.4 Å². The van der Waals surface area contributed by atoms with Gasteiger partial charge in [0.05, 0.1) is 36.7 Å². The third-order valence-electron chi connectivity index (χ3n) is 4.64. The quantitative estimate of drug-likeness (QED) is 0.555.